The lowest BCUT2D eigenvalue weighted by Crippen LogP contribution is -2.58. The Kier molecular flexibility index (Phi) is 5.69. The van der Waals surface area contributed by atoms with E-state index in [1.54, 1.807) is 0 Å². The van der Waals surface area contributed by atoms with Crippen LogP contribution >= 0.6 is 11.8 Å². The average molecular weight is 368 g/mol. The van der Waals surface area contributed by atoms with Crippen LogP contribution in [0.2, 0.25) is 0 Å². The van der Waals surface area contributed by atoms with Gasteiger partial charge in [0.15, 0.2) is 0 Å². The molecule has 1 unspecified atom stereocenters. The molecule has 3 saturated heterocycles. The number of carbonyl (C=O) groups is 2. The zero-order valence-corrected chi connectivity index (χ0v) is 17.0. The van der Waals surface area contributed by atoms with Crippen molar-refractivity contribution in [1.29, 1.82) is 0 Å². The first-order valence-corrected chi connectivity index (χ1v) is 11.0. The van der Waals surface area contributed by atoms with Crippen molar-refractivity contribution in [2.75, 3.05) is 31.1 Å². The van der Waals surface area contributed by atoms with E-state index >= 15 is 0 Å². The van der Waals surface area contributed by atoms with E-state index in [-0.39, 0.29) is 18.0 Å². The van der Waals surface area contributed by atoms with E-state index < -0.39 is 5.54 Å². The molecule has 1 atom stereocenters. The number of imide groups is 1. The van der Waals surface area contributed by atoms with E-state index in [2.05, 4.69) is 18.7 Å². The van der Waals surface area contributed by atoms with Crippen LogP contribution in [-0.4, -0.2) is 75.4 Å². The quantitative estimate of drug-likeness (QED) is 0.701. The maximum absolute atomic E-state index is 13.3. The summed E-state index contributed by atoms with van der Waals surface area (Å²) in [6.45, 7) is 10.8. The first-order chi connectivity index (χ1) is 11.9. The van der Waals surface area contributed by atoms with Crippen LogP contribution in [0.4, 0.5) is 4.79 Å². The molecular formula is C19H33N3O2S. The molecule has 3 heterocycles. The van der Waals surface area contributed by atoms with Gasteiger partial charge >= 0.3 is 6.03 Å². The standard InChI is InChI=1S/C19H33N3O2S/c1-14(2)5-9-21-18(24)22(15(3)4)17(23)19(21)7-10-20(11-8-19)16-6-12-25-13-16/h14-16H,5-13H2,1-4H3. The molecule has 3 fully saturated rings. The highest BCUT2D eigenvalue weighted by Gasteiger charge is 2.58. The third kappa shape index (κ3) is 3.44. The fourth-order valence-corrected chi connectivity index (χ4v) is 5.70. The molecule has 6 heteroatoms. The Bertz CT molecular complexity index is 509. The van der Waals surface area contributed by atoms with Crippen LogP contribution in [0.25, 0.3) is 0 Å². The lowest BCUT2D eigenvalue weighted by molar-refractivity contribution is -0.137. The van der Waals surface area contributed by atoms with Crippen molar-refractivity contribution in [3.05, 3.63) is 0 Å². The monoisotopic (exact) mass is 367 g/mol. The lowest BCUT2D eigenvalue weighted by atomic mass is 9.84. The Labute approximate surface area is 156 Å². The number of carbonyl (C=O) groups excluding carboxylic acids is 2. The molecule has 0 radical (unpaired) electrons. The van der Waals surface area contributed by atoms with Gasteiger partial charge in [0, 0.05) is 37.5 Å². The van der Waals surface area contributed by atoms with Crippen LogP contribution in [0, 0.1) is 5.92 Å². The topological polar surface area (TPSA) is 43.9 Å². The van der Waals surface area contributed by atoms with Gasteiger partial charge in [-0.25, -0.2) is 4.79 Å². The minimum Gasteiger partial charge on any atom is -0.309 e. The fourth-order valence-electron chi connectivity index (χ4n) is 4.44. The molecule has 0 aromatic heterocycles. The summed E-state index contributed by atoms with van der Waals surface area (Å²) in [7, 11) is 0. The largest absolute Gasteiger partial charge is 0.327 e. The summed E-state index contributed by atoms with van der Waals surface area (Å²) < 4.78 is 0. The van der Waals surface area contributed by atoms with Crippen LogP contribution in [0.1, 0.15) is 53.4 Å². The highest BCUT2D eigenvalue weighted by Crippen LogP contribution is 2.39. The van der Waals surface area contributed by atoms with Crippen LogP contribution in [-0.2, 0) is 4.79 Å². The molecule has 0 N–H and O–H groups in total. The summed E-state index contributed by atoms with van der Waals surface area (Å²) in [5, 5.41) is 0. The summed E-state index contributed by atoms with van der Waals surface area (Å²) in [5.41, 5.74) is -0.585. The average Bonchev–Trinajstić information content (AvgIpc) is 3.14. The molecule has 0 aromatic rings. The summed E-state index contributed by atoms with van der Waals surface area (Å²) >= 11 is 2.04. The Balaban J connectivity index is 1.78. The molecule has 1 spiro atoms. The van der Waals surface area contributed by atoms with Gasteiger partial charge in [0.2, 0.25) is 0 Å². The van der Waals surface area contributed by atoms with E-state index in [0.29, 0.717) is 18.5 Å². The van der Waals surface area contributed by atoms with Crippen molar-refractivity contribution < 1.29 is 9.59 Å². The van der Waals surface area contributed by atoms with Gasteiger partial charge in [-0.2, -0.15) is 11.8 Å². The van der Waals surface area contributed by atoms with Gasteiger partial charge in [-0.1, -0.05) is 13.8 Å². The van der Waals surface area contributed by atoms with Crippen LogP contribution in [0.5, 0.6) is 0 Å². The van der Waals surface area contributed by atoms with Crippen molar-refractivity contribution in [3.8, 4) is 0 Å². The highest BCUT2D eigenvalue weighted by atomic mass is 32.2. The Hall–Kier alpha value is -0.750. The van der Waals surface area contributed by atoms with Crippen LogP contribution < -0.4 is 0 Å². The SMILES string of the molecule is CC(C)CCN1C(=O)N(C(C)C)C(=O)C12CCN(C1CCSC1)CC2. The van der Waals surface area contributed by atoms with Crippen molar-refractivity contribution >= 4 is 23.7 Å². The first-order valence-electron chi connectivity index (χ1n) is 9.84. The molecule has 3 amide bonds. The second-order valence-electron chi connectivity index (χ2n) is 8.47. The second-order valence-corrected chi connectivity index (χ2v) is 9.62. The number of hydrogen-bond donors (Lipinski definition) is 0. The summed E-state index contributed by atoms with van der Waals surface area (Å²) in [6, 6.07) is 0.538. The fraction of sp³-hybridized carbons (Fsp3) is 0.895. The minimum atomic E-state index is -0.585. The van der Waals surface area contributed by atoms with Gasteiger partial charge in [-0.3, -0.25) is 14.6 Å². The van der Waals surface area contributed by atoms with E-state index in [9.17, 15) is 9.59 Å². The molecule has 5 nitrogen and oxygen atoms in total. The predicted molar refractivity (Wildman–Crippen MR) is 103 cm³/mol. The zero-order chi connectivity index (χ0) is 18.2. The number of nitrogens with zero attached hydrogens (tertiary/aromatic N) is 3. The molecule has 142 valence electrons. The van der Waals surface area contributed by atoms with E-state index in [1.807, 2.05) is 30.5 Å². The van der Waals surface area contributed by atoms with Gasteiger partial charge in [-0.15, -0.1) is 0 Å². The second kappa shape index (κ2) is 7.47. The summed E-state index contributed by atoms with van der Waals surface area (Å²) in [4.78, 5) is 32.3. The number of urea groups is 1. The van der Waals surface area contributed by atoms with Gasteiger partial charge in [0.25, 0.3) is 5.91 Å². The molecular weight excluding hydrogens is 334 g/mol. The van der Waals surface area contributed by atoms with Crippen LogP contribution in [0.15, 0.2) is 0 Å². The maximum Gasteiger partial charge on any atom is 0.327 e. The van der Waals surface area contributed by atoms with Crippen molar-refractivity contribution in [2.45, 2.75) is 71.0 Å². The third-order valence-electron chi connectivity index (χ3n) is 6.06. The smallest absolute Gasteiger partial charge is 0.309 e. The molecule has 0 bridgehead atoms. The lowest BCUT2D eigenvalue weighted by Gasteiger charge is -2.44. The first kappa shape index (κ1) is 19.0. The van der Waals surface area contributed by atoms with E-state index in [4.69, 9.17) is 0 Å². The Morgan fingerprint density at radius 1 is 1.16 bits per heavy atom. The molecule has 3 rings (SSSR count). The van der Waals surface area contributed by atoms with Gasteiger partial charge in [-0.05, 0) is 51.2 Å². The van der Waals surface area contributed by atoms with Crippen molar-refractivity contribution in [1.82, 2.24) is 14.7 Å². The van der Waals surface area contributed by atoms with Gasteiger partial charge in [0.05, 0.1) is 0 Å². The normalized spacial score (nSPS) is 27.5. The number of amides is 3. The molecule has 25 heavy (non-hydrogen) atoms. The van der Waals surface area contributed by atoms with E-state index in [0.717, 1.165) is 32.4 Å². The maximum atomic E-state index is 13.3. The number of rotatable bonds is 5. The highest BCUT2D eigenvalue weighted by molar-refractivity contribution is 7.99. The van der Waals surface area contributed by atoms with Crippen LogP contribution in [0.3, 0.4) is 0 Å². The molecule has 3 aliphatic heterocycles. The molecule has 3 aliphatic rings. The number of hydrogen-bond acceptors (Lipinski definition) is 4. The minimum absolute atomic E-state index is 0.0525. The molecule has 0 aliphatic carbocycles. The Morgan fingerprint density at radius 2 is 1.84 bits per heavy atom. The van der Waals surface area contributed by atoms with E-state index in [1.165, 1.54) is 22.8 Å². The summed E-state index contributed by atoms with van der Waals surface area (Å²) in [5.74, 6) is 3.06. The number of thioether (sulfide) groups is 1. The number of likely N-dealkylation sites (tertiary alicyclic amines) is 1. The van der Waals surface area contributed by atoms with Crippen molar-refractivity contribution in [3.63, 3.8) is 0 Å². The van der Waals surface area contributed by atoms with Gasteiger partial charge < -0.3 is 4.90 Å². The zero-order valence-electron chi connectivity index (χ0n) is 16.2. The number of piperidine rings is 1. The van der Waals surface area contributed by atoms with Gasteiger partial charge in [0.1, 0.15) is 5.54 Å². The third-order valence-corrected chi connectivity index (χ3v) is 7.21. The summed E-state index contributed by atoms with van der Waals surface area (Å²) in [6.07, 6.45) is 3.80. The molecule has 0 saturated carbocycles. The van der Waals surface area contributed by atoms with Crippen molar-refractivity contribution in [2.24, 2.45) is 5.92 Å². The Morgan fingerprint density at radius 3 is 2.36 bits per heavy atom. The molecule has 0 aromatic carbocycles. The predicted octanol–water partition coefficient (Wildman–Crippen LogP) is 3.05.